The van der Waals surface area contributed by atoms with Gasteiger partial charge in [0.15, 0.2) is 0 Å². The van der Waals surface area contributed by atoms with E-state index >= 15 is 0 Å². The number of benzene rings is 2. The van der Waals surface area contributed by atoms with Crippen LogP contribution in [0.25, 0.3) is 0 Å². The monoisotopic (exact) mass is 292 g/mol. The van der Waals surface area contributed by atoms with Crippen molar-refractivity contribution >= 4 is 5.97 Å². The van der Waals surface area contributed by atoms with E-state index in [1.54, 1.807) is 36.4 Å². The first-order chi connectivity index (χ1) is 10.1. The van der Waals surface area contributed by atoms with Crippen LogP contribution in [0.5, 0.6) is 5.75 Å². The SMILES string of the molecule is CC(OC(=O)c1ccccc1)Oc1ccccc1C(F)F. The Kier molecular flexibility index (Phi) is 4.87. The van der Waals surface area contributed by atoms with Crippen molar-refractivity contribution < 1.29 is 23.0 Å². The summed E-state index contributed by atoms with van der Waals surface area (Å²) in [5.41, 5.74) is 0.134. The first-order valence-corrected chi connectivity index (χ1v) is 6.37. The zero-order valence-corrected chi connectivity index (χ0v) is 11.3. The minimum absolute atomic E-state index is 0.000798. The lowest BCUT2D eigenvalue weighted by molar-refractivity contribution is -0.0386. The Morgan fingerprint density at radius 3 is 2.29 bits per heavy atom. The third-order valence-corrected chi connectivity index (χ3v) is 2.73. The number of carbonyl (C=O) groups excluding carboxylic acids is 1. The normalized spacial score (nSPS) is 12.0. The molecule has 110 valence electrons. The van der Waals surface area contributed by atoms with Crippen molar-refractivity contribution in [2.75, 3.05) is 0 Å². The summed E-state index contributed by atoms with van der Waals surface area (Å²) in [5.74, 6) is -0.571. The molecule has 0 bridgehead atoms. The van der Waals surface area contributed by atoms with Gasteiger partial charge < -0.3 is 9.47 Å². The van der Waals surface area contributed by atoms with Gasteiger partial charge in [-0.2, -0.15) is 0 Å². The molecular weight excluding hydrogens is 278 g/mol. The molecule has 0 amide bonds. The Bertz CT molecular complexity index is 599. The van der Waals surface area contributed by atoms with Crippen LogP contribution in [0, 0.1) is 0 Å². The lowest BCUT2D eigenvalue weighted by Crippen LogP contribution is -2.21. The van der Waals surface area contributed by atoms with Gasteiger partial charge >= 0.3 is 5.97 Å². The Labute approximate surface area is 121 Å². The van der Waals surface area contributed by atoms with E-state index in [0.29, 0.717) is 5.56 Å². The second kappa shape index (κ2) is 6.83. The van der Waals surface area contributed by atoms with Crippen LogP contribution in [0.2, 0.25) is 0 Å². The quantitative estimate of drug-likeness (QED) is 0.612. The molecule has 0 aliphatic rings. The summed E-state index contributed by atoms with van der Waals surface area (Å²) in [4.78, 5) is 11.8. The van der Waals surface area contributed by atoms with Gasteiger partial charge in [0.2, 0.25) is 6.29 Å². The van der Waals surface area contributed by atoms with Crippen LogP contribution in [0.15, 0.2) is 54.6 Å². The summed E-state index contributed by atoms with van der Waals surface area (Å²) in [6.45, 7) is 1.48. The fraction of sp³-hybridized carbons (Fsp3) is 0.188. The predicted octanol–water partition coefficient (Wildman–Crippen LogP) is 4.21. The molecule has 0 saturated carbocycles. The van der Waals surface area contributed by atoms with E-state index in [4.69, 9.17) is 9.47 Å². The molecule has 2 rings (SSSR count). The number of hydrogen-bond donors (Lipinski definition) is 0. The maximum Gasteiger partial charge on any atom is 0.341 e. The molecule has 1 atom stereocenters. The summed E-state index contributed by atoms with van der Waals surface area (Å²) in [5, 5.41) is 0. The van der Waals surface area contributed by atoms with Crippen LogP contribution in [0.4, 0.5) is 8.78 Å². The fourth-order valence-corrected chi connectivity index (χ4v) is 1.76. The second-order valence-electron chi connectivity index (χ2n) is 4.30. The Morgan fingerprint density at radius 2 is 1.62 bits per heavy atom. The van der Waals surface area contributed by atoms with Crippen LogP contribution in [-0.4, -0.2) is 12.3 Å². The van der Waals surface area contributed by atoms with Crippen LogP contribution >= 0.6 is 0 Å². The number of hydrogen-bond acceptors (Lipinski definition) is 3. The minimum Gasteiger partial charge on any atom is -0.455 e. The molecular formula is C16H14F2O3. The average Bonchev–Trinajstić information content (AvgIpc) is 2.48. The average molecular weight is 292 g/mol. The Hall–Kier alpha value is -2.43. The highest BCUT2D eigenvalue weighted by molar-refractivity contribution is 5.89. The van der Waals surface area contributed by atoms with E-state index in [0.717, 1.165) is 0 Å². The van der Waals surface area contributed by atoms with E-state index in [-0.39, 0.29) is 11.3 Å². The third kappa shape index (κ3) is 4.02. The minimum atomic E-state index is -2.65. The molecule has 0 radical (unpaired) electrons. The molecule has 0 aliphatic heterocycles. The van der Waals surface area contributed by atoms with Crippen molar-refractivity contribution in [3.05, 3.63) is 65.7 Å². The van der Waals surface area contributed by atoms with Crippen molar-refractivity contribution in [1.29, 1.82) is 0 Å². The number of carbonyl (C=O) groups is 1. The molecule has 2 aromatic carbocycles. The van der Waals surface area contributed by atoms with Crippen molar-refractivity contribution in [1.82, 2.24) is 0 Å². The van der Waals surface area contributed by atoms with Gasteiger partial charge in [-0.05, 0) is 24.3 Å². The first-order valence-electron chi connectivity index (χ1n) is 6.37. The molecule has 3 nitrogen and oxygen atoms in total. The van der Waals surface area contributed by atoms with Crippen molar-refractivity contribution in [2.24, 2.45) is 0 Å². The topological polar surface area (TPSA) is 35.5 Å². The van der Waals surface area contributed by atoms with Crippen LogP contribution < -0.4 is 4.74 Å². The van der Waals surface area contributed by atoms with E-state index < -0.39 is 18.7 Å². The largest absolute Gasteiger partial charge is 0.455 e. The summed E-state index contributed by atoms with van der Waals surface area (Å²) in [6, 6.07) is 14.1. The van der Waals surface area contributed by atoms with E-state index in [2.05, 4.69) is 0 Å². The predicted molar refractivity (Wildman–Crippen MR) is 73.3 cm³/mol. The van der Waals surface area contributed by atoms with Gasteiger partial charge in [0.1, 0.15) is 5.75 Å². The lowest BCUT2D eigenvalue weighted by atomic mass is 10.2. The summed E-state index contributed by atoms with van der Waals surface area (Å²) < 4.78 is 36.0. The number of rotatable bonds is 5. The van der Waals surface area contributed by atoms with Gasteiger partial charge in [0, 0.05) is 6.92 Å². The molecule has 0 heterocycles. The van der Waals surface area contributed by atoms with E-state index in [9.17, 15) is 13.6 Å². The molecule has 0 aliphatic carbocycles. The molecule has 0 spiro atoms. The number of alkyl halides is 2. The lowest BCUT2D eigenvalue weighted by Gasteiger charge is -2.17. The number of halogens is 2. The number of esters is 1. The second-order valence-corrected chi connectivity index (χ2v) is 4.30. The first kappa shape index (κ1) is 15.0. The Morgan fingerprint density at radius 1 is 1.00 bits per heavy atom. The van der Waals surface area contributed by atoms with Crippen LogP contribution in [0.3, 0.4) is 0 Å². The highest BCUT2D eigenvalue weighted by Gasteiger charge is 2.17. The molecule has 0 aromatic heterocycles. The van der Waals surface area contributed by atoms with Gasteiger partial charge in [0.25, 0.3) is 6.43 Å². The zero-order valence-electron chi connectivity index (χ0n) is 11.3. The molecule has 0 N–H and O–H groups in total. The summed E-state index contributed by atoms with van der Waals surface area (Å²) >= 11 is 0. The van der Waals surface area contributed by atoms with Gasteiger partial charge in [0.05, 0.1) is 11.1 Å². The maximum atomic E-state index is 12.8. The van der Waals surface area contributed by atoms with Crippen LogP contribution in [0.1, 0.15) is 29.3 Å². The highest BCUT2D eigenvalue weighted by Crippen LogP contribution is 2.29. The molecule has 5 heteroatoms. The van der Waals surface area contributed by atoms with Gasteiger partial charge in [-0.3, -0.25) is 0 Å². The van der Waals surface area contributed by atoms with Gasteiger partial charge in [-0.25, -0.2) is 13.6 Å². The molecule has 2 aromatic rings. The van der Waals surface area contributed by atoms with Crippen molar-refractivity contribution in [3.63, 3.8) is 0 Å². The van der Waals surface area contributed by atoms with E-state index in [1.165, 1.54) is 25.1 Å². The van der Waals surface area contributed by atoms with Gasteiger partial charge in [-0.15, -0.1) is 0 Å². The van der Waals surface area contributed by atoms with Crippen LogP contribution in [-0.2, 0) is 4.74 Å². The number of para-hydroxylation sites is 1. The fourth-order valence-electron chi connectivity index (χ4n) is 1.76. The molecule has 0 saturated heterocycles. The van der Waals surface area contributed by atoms with Gasteiger partial charge in [-0.1, -0.05) is 30.3 Å². The Balaban J connectivity index is 2.02. The standard InChI is InChI=1S/C16H14F2O3/c1-11(21-16(19)12-7-3-2-4-8-12)20-14-10-6-5-9-13(14)15(17)18/h2-11,15H,1H3. The van der Waals surface area contributed by atoms with E-state index in [1.807, 2.05) is 0 Å². The summed E-state index contributed by atoms with van der Waals surface area (Å²) in [7, 11) is 0. The van der Waals surface area contributed by atoms with Crippen molar-refractivity contribution in [3.8, 4) is 5.75 Å². The highest BCUT2D eigenvalue weighted by atomic mass is 19.3. The summed E-state index contributed by atoms with van der Waals surface area (Å²) in [6.07, 6.45) is -3.63. The molecule has 21 heavy (non-hydrogen) atoms. The molecule has 0 fully saturated rings. The maximum absolute atomic E-state index is 12.8. The smallest absolute Gasteiger partial charge is 0.341 e. The zero-order chi connectivity index (χ0) is 15.2. The number of ether oxygens (including phenoxy) is 2. The molecule has 1 unspecified atom stereocenters. The van der Waals surface area contributed by atoms with Crippen molar-refractivity contribution in [2.45, 2.75) is 19.6 Å². The third-order valence-electron chi connectivity index (χ3n) is 2.73.